The van der Waals surface area contributed by atoms with Gasteiger partial charge in [0.2, 0.25) is 5.96 Å². The predicted molar refractivity (Wildman–Crippen MR) is 69.5 cm³/mol. The van der Waals surface area contributed by atoms with Crippen LogP contribution >= 0.6 is 0 Å². The second-order valence-corrected chi connectivity index (χ2v) is 4.13. The molecule has 2 rings (SSSR count). The average molecular weight is 250 g/mol. The van der Waals surface area contributed by atoms with E-state index in [-0.39, 0.29) is 0 Å². The van der Waals surface area contributed by atoms with E-state index in [9.17, 15) is 0 Å². The van der Waals surface area contributed by atoms with E-state index in [1.807, 2.05) is 17.0 Å². The summed E-state index contributed by atoms with van der Waals surface area (Å²) in [5.41, 5.74) is 8.13. The molecule has 1 aliphatic rings. The summed E-state index contributed by atoms with van der Waals surface area (Å²) < 4.78 is 10.6. The van der Waals surface area contributed by atoms with Gasteiger partial charge in [-0.15, -0.1) is 5.10 Å². The number of nitrogens with two attached hydrogens (primary N) is 2. The average Bonchev–Trinajstić information content (AvgIpc) is 2.44. The highest BCUT2D eigenvalue weighted by Crippen LogP contribution is 2.33. The summed E-state index contributed by atoms with van der Waals surface area (Å²) in [5, 5.41) is 3.53. The lowest BCUT2D eigenvalue weighted by atomic mass is 9.99. The second kappa shape index (κ2) is 5.03. The Labute approximate surface area is 106 Å². The van der Waals surface area contributed by atoms with Gasteiger partial charge in [0, 0.05) is 13.1 Å². The van der Waals surface area contributed by atoms with Gasteiger partial charge < -0.3 is 25.9 Å². The van der Waals surface area contributed by atoms with E-state index in [2.05, 4.69) is 5.10 Å². The zero-order valence-corrected chi connectivity index (χ0v) is 10.6. The molecule has 0 bridgehead atoms. The fourth-order valence-electron chi connectivity index (χ4n) is 2.16. The van der Waals surface area contributed by atoms with Crippen LogP contribution in [-0.4, -0.2) is 31.6 Å². The molecule has 6 nitrogen and oxygen atoms in total. The molecule has 1 aromatic carbocycles. The number of hydrogen-bond donors (Lipinski definition) is 2. The maximum atomic E-state index is 5.73. The van der Waals surface area contributed by atoms with Crippen LogP contribution in [0.5, 0.6) is 11.5 Å². The molecule has 0 saturated heterocycles. The van der Waals surface area contributed by atoms with Crippen LogP contribution in [0, 0.1) is 0 Å². The summed E-state index contributed by atoms with van der Waals surface area (Å²) in [6.07, 6.45) is 0.881. The maximum Gasteiger partial charge on any atom is 0.213 e. The van der Waals surface area contributed by atoms with Gasteiger partial charge in [0.15, 0.2) is 11.5 Å². The monoisotopic (exact) mass is 250 g/mol. The van der Waals surface area contributed by atoms with Gasteiger partial charge in [0.05, 0.1) is 14.2 Å². The number of nitrogens with zero attached hydrogens (tertiary/aromatic N) is 2. The molecular formula is C12H18N4O2. The number of ether oxygens (including phenoxy) is 2. The minimum atomic E-state index is 0.357. The summed E-state index contributed by atoms with van der Waals surface area (Å²) in [6, 6.07) is 3.99. The Kier molecular flexibility index (Phi) is 3.45. The first-order valence-electron chi connectivity index (χ1n) is 5.71. The molecule has 0 saturated carbocycles. The molecule has 0 unspecified atom stereocenters. The SMILES string of the molecule is COc1cc2c(cc1OC)CN(C(N)=NN)CC2. The lowest BCUT2D eigenvalue weighted by Gasteiger charge is -2.29. The Morgan fingerprint density at radius 2 is 1.83 bits per heavy atom. The van der Waals surface area contributed by atoms with E-state index in [0.29, 0.717) is 12.5 Å². The largest absolute Gasteiger partial charge is 0.493 e. The zero-order chi connectivity index (χ0) is 13.1. The van der Waals surface area contributed by atoms with Crippen LogP contribution in [0.1, 0.15) is 11.1 Å². The minimum absolute atomic E-state index is 0.357. The van der Waals surface area contributed by atoms with Crippen LogP contribution in [0.2, 0.25) is 0 Å². The van der Waals surface area contributed by atoms with E-state index in [4.69, 9.17) is 21.1 Å². The molecule has 0 atom stereocenters. The molecule has 0 fully saturated rings. The Hall–Kier alpha value is -2.11. The molecule has 0 spiro atoms. The minimum Gasteiger partial charge on any atom is -0.493 e. The maximum absolute atomic E-state index is 5.73. The van der Waals surface area contributed by atoms with Gasteiger partial charge in [0.25, 0.3) is 0 Å². The lowest BCUT2D eigenvalue weighted by molar-refractivity contribution is 0.347. The highest BCUT2D eigenvalue weighted by molar-refractivity contribution is 5.78. The standard InChI is InChI=1S/C12H18N4O2/c1-17-10-5-8-3-4-16(12(13)15-14)7-9(8)6-11(10)18-2/h5-6H,3-4,7,14H2,1-2H3,(H2,13,15). The summed E-state index contributed by atoms with van der Waals surface area (Å²) in [6.45, 7) is 1.48. The normalized spacial score (nSPS) is 15.2. The van der Waals surface area contributed by atoms with Crippen molar-refractivity contribution in [3.63, 3.8) is 0 Å². The van der Waals surface area contributed by atoms with E-state index >= 15 is 0 Å². The lowest BCUT2D eigenvalue weighted by Crippen LogP contribution is -2.41. The van der Waals surface area contributed by atoms with Gasteiger partial charge in [-0.05, 0) is 29.7 Å². The van der Waals surface area contributed by atoms with Gasteiger partial charge in [-0.1, -0.05) is 0 Å². The summed E-state index contributed by atoms with van der Waals surface area (Å²) in [7, 11) is 3.26. The predicted octanol–water partition coefficient (Wildman–Crippen LogP) is 0.250. The molecule has 6 heteroatoms. The Morgan fingerprint density at radius 3 is 2.39 bits per heavy atom. The third-order valence-corrected chi connectivity index (χ3v) is 3.17. The van der Waals surface area contributed by atoms with Crippen molar-refractivity contribution in [1.29, 1.82) is 0 Å². The number of hydrogen-bond acceptors (Lipinski definition) is 4. The van der Waals surface area contributed by atoms with Gasteiger partial charge >= 0.3 is 0 Å². The number of fused-ring (bicyclic) bond motifs is 1. The van der Waals surface area contributed by atoms with E-state index in [1.165, 1.54) is 5.56 Å². The van der Waals surface area contributed by atoms with Crippen molar-refractivity contribution in [2.24, 2.45) is 16.7 Å². The first-order chi connectivity index (χ1) is 8.69. The third kappa shape index (κ3) is 2.13. The first-order valence-corrected chi connectivity index (χ1v) is 5.71. The fraction of sp³-hybridized carbons (Fsp3) is 0.417. The molecule has 1 heterocycles. The molecule has 0 amide bonds. The molecule has 4 N–H and O–H groups in total. The molecule has 0 aromatic heterocycles. The Balaban J connectivity index is 2.32. The molecule has 1 aromatic rings. The molecule has 0 aliphatic carbocycles. The molecule has 1 aliphatic heterocycles. The number of rotatable bonds is 2. The van der Waals surface area contributed by atoms with E-state index in [0.717, 1.165) is 30.0 Å². The van der Waals surface area contributed by atoms with Crippen LogP contribution in [0.3, 0.4) is 0 Å². The molecule has 98 valence electrons. The van der Waals surface area contributed by atoms with Crippen LogP contribution in [0.4, 0.5) is 0 Å². The van der Waals surface area contributed by atoms with Crippen LogP contribution < -0.4 is 21.1 Å². The zero-order valence-electron chi connectivity index (χ0n) is 10.6. The van der Waals surface area contributed by atoms with Crippen molar-refractivity contribution in [3.8, 4) is 11.5 Å². The van der Waals surface area contributed by atoms with Crippen molar-refractivity contribution in [1.82, 2.24) is 4.90 Å². The Bertz CT molecular complexity index is 473. The van der Waals surface area contributed by atoms with Crippen LogP contribution in [-0.2, 0) is 13.0 Å². The summed E-state index contributed by atoms with van der Waals surface area (Å²) in [5.74, 6) is 7.04. The number of benzene rings is 1. The number of guanidine groups is 1. The van der Waals surface area contributed by atoms with E-state index in [1.54, 1.807) is 14.2 Å². The highest BCUT2D eigenvalue weighted by Gasteiger charge is 2.20. The third-order valence-electron chi connectivity index (χ3n) is 3.17. The highest BCUT2D eigenvalue weighted by atomic mass is 16.5. The van der Waals surface area contributed by atoms with Crippen LogP contribution in [0.15, 0.2) is 17.2 Å². The molecule has 0 radical (unpaired) electrons. The van der Waals surface area contributed by atoms with Gasteiger partial charge in [-0.25, -0.2) is 0 Å². The van der Waals surface area contributed by atoms with Gasteiger partial charge in [0.1, 0.15) is 0 Å². The summed E-state index contributed by atoms with van der Waals surface area (Å²) in [4.78, 5) is 1.94. The van der Waals surface area contributed by atoms with Crippen molar-refractivity contribution in [2.75, 3.05) is 20.8 Å². The molecule has 18 heavy (non-hydrogen) atoms. The number of methoxy groups -OCH3 is 2. The molecular weight excluding hydrogens is 232 g/mol. The van der Waals surface area contributed by atoms with Crippen molar-refractivity contribution in [2.45, 2.75) is 13.0 Å². The summed E-state index contributed by atoms with van der Waals surface area (Å²) >= 11 is 0. The van der Waals surface area contributed by atoms with Crippen molar-refractivity contribution >= 4 is 5.96 Å². The fourth-order valence-corrected chi connectivity index (χ4v) is 2.16. The smallest absolute Gasteiger partial charge is 0.213 e. The van der Waals surface area contributed by atoms with Crippen LogP contribution in [0.25, 0.3) is 0 Å². The van der Waals surface area contributed by atoms with E-state index < -0.39 is 0 Å². The van der Waals surface area contributed by atoms with Gasteiger partial charge in [-0.2, -0.15) is 0 Å². The first kappa shape index (κ1) is 12.3. The quantitative estimate of drug-likeness (QED) is 0.340. The Morgan fingerprint density at radius 1 is 1.22 bits per heavy atom. The van der Waals surface area contributed by atoms with Gasteiger partial charge in [-0.3, -0.25) is 0 Å². The topological polar surface area (TPSA) is 86.1 Å². The second-order valence-electron chi connectivity index (χ2n) is 4.13. The van der Waals surface area contributed by atoms with Crippen molar-refractivity contribution < 1.29 is 9.47 Å². The van der Waals surface area contributed by atoms with Crippen molar-refractivity contribution in [3.05, 3.63) is 23.3 Å². The number of hydrazone groups is 1.